The molecule has 1 aliphatic rings. The van der Waals surface area contributed by atoms with Gasteiger partial charge in [-0.1, -0.05) is 30.3 Å². The third-order valence-electron chi connectivity index (χ3n) is 4.66. The van der Waals surface area contributed by atoms with E-state index >= 15 is 0 Å². The summed E-state index contributed by atoms with van der Waals surface area (Å²) >= 11 is 0. The summed E-state index contributed by atoms with van der Waals surface area (Å²) in [5, 5.41) is 2.81. The predicted molar refractivity (Wildman–Crippen MR) is 108 cm³/mol. The van der Waals surface area contributed by atoms with Crippen LogP contribution in [0.3, 0.4) is 0 Å². The van der Waals surface area contributed by atoms with Crippen molar-refractivity contribution in [3.05, 3.63) is 60.2 Å². The van der Waals surface area contributed by atoms with E-state index < -0.39 is 25.7 Å². The Morgan fingerprint density at radius 3 is 2.11 bits per heavy atom. The van der Waals surface area contributed by atoms with Gasteiger partial charge in [0.1, 0.15) is 6.04 Å². The lowest BCUT2D eigenvalue weighted by Crippen LogP contribution is -2.46. The maximum Gasteiger partial charge on any atom is 0.246 e. The molecule has 1 fully saturated rings. The number of benzene rings is 2. The summed E-state index contributed by atoms with van der Waals surface area (Å²) in [6.07, 6.45) is 1.12. The first-order valence-corrected chi connectivity index (χ1v) is 12.5. The fourth-order valence-electron chi connectivity index (χ4n) is 3.14. The van der Waals surface area contributed by atoms with Crippen molar-refractivity contribution in [2.75, 3.05) is 36.2 Å². The van der Waals surface area contributed by atoms with Gasteiger partial charge in [-0.2, -0.15) is 0 Å². The number of carbonyl (C=O) groups excluding carboxylic acids is 1. The summed E-state index contributed by atoms with van der Waals surface area (Å²) in [4.78, 5) is 15.1. The van der Waals surface area contributed by atoms with Crippen molar-refractivity contribution in [1.82, 2.24) is 4.90 Å². The summed E-state index contributed by atoms with van der Waals surface area (Å²) in [6, 6.07) is 14.5. The minimum atomic E-state index is -3.31. The Morgan fingerprint density at radius 1 is 1.00 bits per heavy atom. The van der Waals surface area contributed by atoms with Gasteiger partial charge in [0.2, 0.25) is 5.91 Å². The fourth-order valence-corrected chi connectivity index (χ4v) is 5.00. The summed E-state index contributed by atoms with van der Waals surface area (Å²) in [5.41, 5.74) is 1.25. The second-order valence-corrected chi connectivity index (χ2v) is 11.1. The van der Waals surface area contributed by atoms with Gasteiger partial charge in [0.25, 0.3) is 0 Å². The van der Waals surface area contributed by atoms with Gasteiger partial charge >= 0.3 is 0 Å². The Balaban J connectivity index is 1.83. The standard InChI is InChI=1S/C19H22N2O5S2/c1-27(23,24)17-9-7-16(8-10-17)20-19(22)18(15-5-3-2-4-6-15)21-11-13-28(25,26)14-12-21/h2-10,18H,11-14H2,1H3,(H,20,22). The quantitative estimate of drug-likeness (QED) is 0.784. The lowest BCUT2D eigenvalue weighted by molar-refractivity contribution is -0.121. The van der Waals surface area contributed by atoms with E-state index in [1.165, 1.54) is 24.3 Å². The zero-order chi connectivity index (χ0) is 20.4. The molecule has 1 saturated heterocycles. The number of rotatable bonds is 5. The largest absolute Gasteiger partial charge is 0.324 e. The van der Waals surface area contributed by atoms with Crippen LogP contribution < -0.4 is 5.32 Å². The molecule has 0 aliphatic carbocycles. The van der Waals surface area contributed by atoms with Crippen LogP contribution in [0.5, 0.6) is 0 Å². The van der Waals surface area contributed by atoms with Crippen molar-refractivity contribution in [2.24, 2.45) is 0 Å². The number of carbonyl (C=O) groups is 1. The van der Waals surface area contributed by atoms with Crippen LogP contribution in [0.1, 0.15) is 11.6 Å². The zero-order valence-electron chi connectivity index (χ0n) is 15.4. The number of anilines is 1. The van der Waals surface area contributed by atoms with Gasteiger partial charge in [-0.15, -0.1) is 0 Å². The summed E-state index contributed by atoms with van der Waals surface area (Å²) in [6.45, 7) is 0.560. The first kappa shape index (κ1) is 20.5. The van der Waals surface area contributed by atoms with E-state index in [4.69, 9.17) is 0 Å². The van der Waals surface area contributed by atoms with Crippen LogP contribution in [0, 0.1) is 0 Å². The Kier molecular flexibility index (Phi) is 5.87. The molecule has 7 nitrogen and oxygen atoms in total. The molecule has 2 aromatic rings. The molecule has 0 spiro atoms. The van der Waals surface area contributed by atoms with E-state index in [1.807, 2.05) is 35.2 Å². The molecular weight excluding hydrogens is 400 g/mol. The lowest BCUT2D eigenvalue weighted by atomic mass is 10.0. The number of sulfone groups is 2. The molecule has 9 heteroatoms. The van der Waals surface area contributed by atoms with Crippen molar-refractivity contribution in [2.45, 2.75) is 10.9 Å². The lowest BCUT2D eigenvalue weighted by Gasteiger charge is -2.33. The molecule has 3 rings (SSSR count). The monoisotopic (exact) mass is 422 g/mol. The molecule has 28 heavy (non-hydrogen) atoms. The molecular formula is C19H22N2O5S2. The first-order valence-electron chi connectivity index (χ1n) is 8.76. The molecule has 0 saturated carbocycles. The van der Waals surface area contributed by atoms with E-state index in [2.05, 4.69) is 5.32 Å². The molecule has 1 aliphatic heterocycles. The summed E-state index contributed by atoms with van der Waals surface area (Å²) < 4.78 is 46.7. The van der Waals surface area contributed by atoms with Crippen molar-refractivity contribution < 1.29 is 21.6 Å². The van der Waals surface area contributed by atoms with E-state index in [9.17, 15) is 21.6 Å². The molecule has 1 N–H and O–H groups in total. The number of nitrogens with one attached hydrogen (secondary N) is 1. The molecule has 1 amide bonds. The van der Waals surface area contributed by atoms with E-state index in [-0.39, 0.29) is 35.4 Å². The van der Waals surface area contributed by atoms with Crippen molar-refractivity contribution >= 4 is 31.3 Å². The Hall–Kier alpha value is -2.23. The van der Waals surface area contributed by atoms with E-state index in [0.717, 1.165) is 11.8 Å². The van der Waals surface area contributed by atoms with Crippen LogP contribution in [-0.2, 0) is 24.5 Å². The van der Waals surface area contributed by atoms with Crippen molar-refractivity contribution in [1.29, 1.82) is 0 Å². The molecule has 0 radical (unpaired) electrons. The highest BCUT2D eigenvalue weighted by Crippen LogP contribution is 2.25. The van der Waals surface area contributed by atoms with Crippen LogP contribution in [0.4, 0.5) is 5.69 Å². The van der Waals surface area contributed by atoms with Gasteiger partial charge in [0.05, 0.1) is 16.4 Å². The van der Waals surface area contributed by atoms with Crippen molar-refractivity contribution in [3.8, 4) is 0 Å². The second kappa shape index (κ2) is 8.02. The Morgan fingerprint density at radius 2 is 1.57 bits per heavy atom. The highest BCUT2D eigenvalue weighted by Gasteiger charge is 2.32. The predicted octanol–water partition coefficient (Wildman–Crippen LogP) is 1.50. The Bertz CT molecular complexity index is 1040. The second-order valence-electron chi connectivity index (χ2n) is 6.79. The van der Waals surface area contributed by atoms with Crippen LogP contribution >= 0.6 is 0 Å². The van der Waals surface area contributed by atoms with Gasteiger partial charge in [-0.05, 0) is 29.8 Å². The molecule has 1 heterocycles. The minimum absolute atomic E-state index is 0.0205. The molecule has 0 bridgehead atoms. The smallest absolute Gasteiger partial charge is 0.246 e. The van der Waals surface area contributed by atoms with Gasteiger partial charge < -0.3 is 5.32 Å². The fraction of sp³-hybridized carbons (Fsp3) is 0.316. The van der Waals surface area contributed by atoms with Crippen LogP contribution in [-0.4, -0.2) is 58.5 Å². The number of hydrogen-bond donors (Lipinski definition) is 1. The van der Waals surface area contributed by atoms with Gasteiger partial charge in [-0.3, -0.25) is 9.69 Å². The van der Waals surface area contributed by atoms with E-state index in [1.54, 1.807) is 0 Å². The normalized spacial score (nSPS) is 18.3. The minimum Gasteiger partial charge on any atom is -0.324 e. The molecule has 0 aromatic heterocycles. The SMILES string of the molecule is CS(=O)(=O)c1ccc(NC(=O)C(c2ccccc2)N2CCS(=O)(=O)CC2)cc1. The van der Waals surface area contributed by atoms with Crippen LogP contribution in [0.25, 0.3) is 0 Å². The van der Waals surface area contributed by atoms with Gasteiger partial charge in [0.15, 0.2) is 19.7 Å². The molecule has 1 unspecified atom stereocenters. The first-order chi connectivity index (χ1) is 13.2. The zero-order valence-corrected chi connectivity index (χ0v) is 17.0. The average molecular weight is 423 g/mol. The number of hydrogen-bond acceptors (Lipinski definition) is 6. The average Bonchev–Trinajstić information content (AvgIpc) is 2.64. The summed E-state index contributed by atoms with van der Waals surface area (Å²) in [5.74, 6) is -0.253. The third-order valence-corrected chi connectivity index (χ3v) is 7.40. The van der Waals surface area contributed by atoms with E-state index in [0.29, 0.717) is 5.69 Å². The topological polar surface area (TPSA) is 101 Å². The number of amides is 1. The number of nitrogens with zero attached hydrogens (tertiary/aromatic N) is 1. The van der Waals surface area contributed by atoms with Crippen LogP contribution in [0.15, 0.2) is 59.5 Å². The Labute approximate surface area is 165 Å². The maximum atomic E-state index is 13.0. The van der Waals surface area contributed by atoms with Crippen LogP contribution in [0.2, 0.25) is 0 Å². The molecule has 150 valence electrons. The summed E-state index contributed by atoms with van der Waals surface area (Å²) in [7, 11) is -6.38. The maximum absolute atomic E-state index is 13.0. The molecule has 2 aromatic carbocycles. The highest BCUT2D eigenvalue weighted by molar-refractivity contribution is 7.91. The van der Waals surface area contributed by atoms with Crippen molar-refractivity contribution in [3.63, 3.8) is 0 Å². The molecule has 1 atom stereocenters. The highest BCUT2D eigenvalue weighted by atomic mass is 32.2. The van der Waals surface area contributed by atoms with Gasteiger partial charge in [0, 0.05) is 25.0 Å². The third kappa shape index (κ3) is 4.98. The van der Waals surface area contributed by atoms with Gasteiger partial charge in [-0.25, -0.2) is 16.8 Å².